The summed E-state index contributed by atoms with van der Waals surface area (Å²) in [4.78, 5) is 0. The van der Waals surface area contributed by atoms with Crippen LogP contribution in [0.1, 0.15) is 11.1 Å². The van der Waals surface area contributed by atoms with Crippen LogP contribution >= 0.6 is 0 Å². The lowest BCUT2D eigenvalue weighted by Crippen LogP contribution is -2.04. The molecule has 17 heavy (non-hydrogen) atoms. The van der Waals surface area contributed by atoms with E-state index in [1.165, 1.54) is 6.07 Å². The van der Waals surface area contributed by atoms with Crippen molar-refractivity contribution in [2.24, 2.45) is 0 Å². The minimum atomic E-state index is -0.413. The second-order valence-corrected chi connectivity index (χ2v) is 3.96. The molecule has 2 nitrogen and oxygen atoms in total. The second-order valence-electron chi connectivity index (χ2n) is 3.96. The van der Waals surface area contributed by atoms with Gasteiger partial charge in [0, 0.05) is 31.0 Å². The van der Waals surface area contributed by atoms with E-state index >= 15 is 0 Å². The topological polar surface area (TPSA) is 17.0 Å². The van der Waals surface area contributed by atoms with E-state index in [2.05, 4.69) is 5.32 Å². The molecule has 4 heteroatoms. The summed E-state index contributed by atoms with van der Waals surface area (Å²) in [6.45, 7) is 1.10. The zero-order chi connectivity index (χ0) is 12.3. The van der Waals surface area contributed by atoms with Crippen LogP contribution in [-0.2, 0) is 13.1 Å². The van der Waals surface area contributed by atoms with Crippen LogP contribution in [0, 0.1) is 11.6 Å². The zero-order valence-electron chi connectivity index (χ0n) is 9.58. The third kappa shape index (κ3) is 2.91. The van der Waals surface area contributed by atoms with E-state index in [9.17, 15) is 8.78 Å². The van der Waals surface area contributed by atoms with Gasteiger partial charge in [0.15, 0.2) is 0 Å². The Hall–Kier alpha value is -1.68. The van der Waals surface area contributed by atoms with Gasteiger partial charge in [0.25, 0.3) is 0 Å². The molecule has 0 bridgehead atoms. The number of nitrogens with zero attached hydrogens (tertiary/aromatic N) is 1. The van der Waals surface area contributed by atoms with E-state index in [0.717, 1.165) is 24.2 Å². The molecule has 0 atom stereocenters. The fraction of sp³-hybridized carbons (Fsp3) is 0.231. The van der Waals surface area contributed by atoms with Gasteiger partial charge in [0.05, 0.1) is 0 Å². The lowest BCUT2D eigenvalue weighted by molar-refractivity contribution is 0.577. The average molecular weight is 236 g/mol. The maximum absolute atomic E-state index is 13.4. The number of hydrogen-bond acceptors (Lipinski definition) is 1. The number of hydrogen-bond donors (Lipinski definition) is 1. The Morgan fingerprint density at radius 3 is 2.82 bits per heavy atom. The zero-order valence-corrected chi connectivity index (χ0v) is 9.58. The Balaban J connectivity index is 2.16. The van der Waals surface area contributed by atoms with Gasteiger partial charge in [-0.3, -0.25) is 0 Å². The Morgan fingerprint density at radius 1 is 1.24 bits per heavy atom. The van der Waals surface area contributed by atoms with E-state index in [1.54, 1.807) is 0 Å². The average Bonchev–Trinajstić information content (AvgIpc) is 2.72. The third-order valence-corrected chi connectivity index (χ3v) is 2.55. The van der Waals surface area contributed by atoms with Gasteiger partial charge in [-0.2, -0.15) is 0 Å². The molecular weight excluding hydrogens is 222 g/mol. The smallest absolute Gasteiger partial charge is 0.128 e. The predicted molar refractivity (Wildman–Crippen MR) is 62.7 cm³/mol. The molecule has 2 aromatic rings. The lowest BCUT2D eigenvalue weighted by atomic mass is 10.2. The molecule has 0 radical (unpaired) electrons. The Kier molecular flexibility index (Phi) is 3.54. The standard InChI is InChI=1S/C13H14F2N2/c1-16-7-10-4-5-17(8-10)9-11-6-12(14)2-3-13(11)15/h2-6,8,16H,7,9H2,1H3. The third-order valence-electron chi connectivity index (χ3n) is 2.55. The second kappa shape index (κ2) is 5.10. The van der Waals surface area contributed by atoms with Gasteiger partial charge >= 0.3 is 0 Å². The van der Waals surface area contributed by atoms with E-state index in [-0.39, 0.29) is 5.82 Å². The van der Waals surface area contributed by atoms with E-state index < -0.39 is 5.82 Å². The van der Waals surface area contributed by atoms with Crippen LogP contribution in [0.4, 0.5) is 8.78 Å². The van der Waals surface area contributed by atoms with Gasteiger partial charge in [-0.15, -0.1) is 0 Å². The van der Waals surface area contributed by atoms with Crippen molar-refractivity contribution in [1.29, 1.82) is 0 Å². The van der Waals surface area contributed by atoms with Gasteiger partial charge < -0.3 is 9.88 Å². The summed E-state index contributed by atoms with van der Waals surface area (Å²) < 4.78 is 28.2. The largest absolute Gasteiger partial charge is 0.349 e. The molecule has 0 fully saturated rings. The van der Waals surface area contributed by atoms with Gasteiger partial charge in [-0.25, -0.2) is 8.78 Å². The predicted octanol–water partition coefficient (Wildman–Crippen LogP) is 2.53. The molecule has 0 saturated heterocycles. The Morgan fingerprint density at radius 2 is 2.06 bits per heavy atom. The summed E-state index contributed by atoms with van der Waals surface area (Å²) in [7, 11) is 1.86. The van der Waals surface area contributed by atoms with Crippen LogP contribution in [0.5, 0.6) is 0 Å². The quantitative estimate of drug-likeness (QED) is 0.863. The van der Waals surface area contributed by atoms with E-state index in [0.29, 0.717) is 12.1 Å². The normalized spacial score (nSPS) is 10.8. The first-order valence-electron chi connectivity index (χ1n) is 5.42. The minimum absolute atomic E-state index is 0.341. The maximum atomic E-state index is 13.4. The molecule has 0 aliphatic rings. The molecule has 0 aliphatic heterocycles. The van der Waals surface area contributed by atoms with Crippen molar-refractivity contribution in [2.45, 2.75) is 13.1 Å². The molecule has 0 saturated carbocycles. The summed E-state index contributed by atoms with van der Waals surface area (Å²) in [5.41, 5.74) is 1.47. The van der Waals surface area contributed by atoms with Gasteiger partial charge in [-0.05, 0) is 36.9 Å². The molecule has 0 amide bonds. The van der Waals surface area contributed by atoms with Gasteiger partial charge in [0.2, 0.25) is 0 Å². The summed E-state index contributed by atoms with van der Waals surface area (Å²) in [5.74, 6) is -0.792. The first kappa shape index (κ1) is 11.8. The Bertz CT molecular complexity index is 506. The van der Waals surface area contributed by atoms with Gasteiger partial charge in [-0.1, -0.05) is 0 Å². The number of rotatable bonds is 4. The molecule has 0 aliphatic carbocycles. The summed E-state index contributed by atoms with van der Waals surface area (Å²) >= 11 is 0. The van der Waals surface area contributed by atoms with Crippen LogP contribution in [-0.4, -0.2) is 11.6 Å². The first-order chi connectivity index (χ1) is 8.19. The van der Waals surface area contributed by atoms with Crippen molar-refractivity contribution in [3.05, 3.63) is 59.4 Å². The molecule has 1 aromatic heterocycles. The fourth-order valence-electron chi connectivity index (χ4n) is 1.76. The molecule has 1 aromatic carbocycles. The summed E-state index contributed by atoms with van der Waals surface area (Å²) in [6, 6.07) is 5.46. The molecule has 0 unspecified atom stereocenters. The van der Waals surface area contributed by atoms with E-state index in [4.69, 9.17) is 0 Å². The van der Waals surface area contributed by atoms with Crippen LogP contribution in [0.15, 0.2) is 36.7 Å². The minimum Gasteiger partial charge on any atom is -0.349 e. The molecule has 2 rings (SSSR count). The highest BCUT2D eigenvalue weighted by Gasteiger charge is 2.05. The highest BCUT2D eigenvalue weighted by Crippen LogP contribution is 2.12. The van der Waals surface area contributed by atoms with E-state index in [1.807, 2.05) is 30.1 Å². The molecule has 1 N–H and O–H groups in total. The van der Waals surface area contributed by atoms with Crippen molar-refractivity contribution >= 4 is 0 Å². The first-order valence-corrected chi connectivity index (χ1v) is 5.42. The molecule has 1 heterocycles. The monoisotopic (exact) mass is 236 g/mol. The molecule has 0 spiro atoms. The molecular formula is C13H14F2N2. The van der Waals surface area contributed by atoms with Crippen LogP contribution in [0.25, 0.3) is 0 Å². The number of aromatic nitrogens is 1. The summed E-state index contributed by atoms with van der Waals surface area (Å²) in [6.07, 6.45) is 3.78. The van der Waals surface area contributed by atoms with Crippen molar-refractivity contribution in [3.8, 4) is 0 Å². The van der Waals surface area contributed by atoms with Crippen LogP contribution < -0.4 is 5.32 Å². The van der Waals surface area contributed by atoms with Gasteiger partial charge in [0.1, 0.15) is 11.6 Å². The van der Waals surface area contributed by atoms with Crippen LogP contribution in [0.3, 0.4) is 0 Å². The van der Waals surface area contributed by atoms with Crippen molar-refractivity contribution in [1.82, 2.24) is 9.88 Å². The number of nitrogens with one attached hydrogen (secondary N) is 1. The number of halogens is 2. The summed E-state index contributed by atoms with van der Waals surface area (Å²) in [5, 5.41) is 3.03. The lowest BCUT2D eigenvalue weighted by Gasteiger charge is -2.05. The molecule has 90 valence electrons. The van der Waals surface area contributed by atoms with Crippen molar-refractivity contribution in [2.75, 3.05) is 7.05 Å². The maximum Gasteiger partial charge on any atom is 0.128 e. The van der Waals surface area contributed by atoms with Crippen molar-refractivity contribution < 1.29 is 8.78 Å². The highest BCUT2D eigenvalue weighted by molar-refractivity contribution is 5.20. The Labute approximate surface area is 98.9 Å². The fourth-order valence-corrected chi connectivity index (χ4v) is 1.76. The van der Waals surface area contributed by atoms with Crippen molar-refractivity contribution in [3.63, 3.8) is 0 Å². The highest BCUT2D eigenvalue weighted by atomic mass is 19.1. The SMILES string of the molecule is CNCc1ccn(Cc2cc(F)ccc2F)c1. The van der Waals surface area contributed by atoms with Crippen LogP contribution in [0.2, 0.25) is 0 Å². The number of benzene rings is 1.